The van der Waals surface area contributed by atoms with Crippen LogP contribution in [0, 0.1) is 0 Å². The van der Waals surface area contributed by atoms with E-state index in [1.54, 1.807) is 36.7 Å². The van der Waals surface area contributed by atoms with Crippen molar-refractivity contribution in [3.8, 4) is 11.4 Å². The third-order valence-electron chi connectivity index (χ3n) is 4.07. The Kier molecular flexibility index (Phi) is 4.17. The summed E-state index contributed by atoms with van der Waals surface area (Å²) in [5, 5.41) is 11.9. The lowest BCUT2D eigenvalue weighted by atomic mass is 10.1. The molecule has 2 aromatic heterocycles. The van der Waals surface area contributed by atoms with Gasteiger partial charge < -0.3 is 15.4 Å². The fourth-order valence-electron chi connectivity index (χ4n) is 2.69. The minimum absolute atomic E-state index is 0.0440. The number of amides is 1. The van der Waals surface area contributed by atoms with Crippen LogP contribution in [-0.4, -0.2) is 26.0 Å². The van der Waals surface area contributed by atoms with Gasteiger partial charge in [0.25, 0.3) is 5.91 Å². The highest BCUT2D eigenvalue weighted by Gasteiger charge is 2.09. The van der Waals surface area contributed by atoms with E-state index in [-0.39, 0.29) is 12.5 Å². The first kappa shape index (κ1) is 16.0. The smallest absolute Gasteiger partial charge is 0.255 e. The van der Waals surface area contributed by atoms with Crippen LogP contribution < -0.4 is 5.32 Å². The van der Waals surface area contributed by atoms with Crippen LogP contribution in [0.5, 0.6) is 0 Å². The van der Waals surface area contributed by atoms with Crippen molar-refractivity contribution in [1.29, 1.82) is 0 Å². The molecule has 4 aromatic rings. The summed E-state index contributed by atoms with van der Waals surface area (Å²) in [6, 6.07) is 16.2. The van der Waals surface area contributed by atoms with Gasteiger partial charge in [0.05, 0.1) is 17.6 Å². The Morgan fingerprint density at radius 1 is 1.12 bits per heavy atom. The highest BCUT2D eigenvalue weighted by atomic mass is 16.3. The molecule has 0 spiro atoms. The second kappa shape index (κ2) is 6.78. The number of H-pyrrole nitrogens is 1. The number of aromatic amines is 1. The van der Waals surface area contributed by atoms with Crippen LogP contribution in [0.15, 0.2) is 67.0 Å². The van der Waals surface area contributed by atoms with Gasteiger partial charge in [0, 0.05) is 29.2 Å². The van der Waals surface area contributed by atoms with Crippen molar-refractivity contribution >= 4 is 22.6 Å². The molecule has 6 heteroatoms. The number of carbonyl (C=O) groups excluding carboxylic acids is 1. The first-order valence-corrected chi connectivity index (χ1v) is 8.14. The lowest BCUT2D eigenvalue weighted by molar-refractivity contribution is 0.102. The van der Waals surface area contributed by atoms with Gasteiger partial charge in [-0.25, -0.2) is 4.98 Å². The first-order chi connectivity index (χ1) is 12.7. The summed E-state index contributed by atoms with van der Waals surface area (Å²) in [7, 11) is 0. The van der Waals surface area contributed by atoms with Crippen molar-refractivity contribution < 1.29 is 9.90 Å². The third kappa shape index (κ3) is 3.18. The SMILES string of the molecule is O=C(Nc1ccc2nc(-c3cccnc3)[nH]c2c1)c1ccc(CO)cc1. The predicted molar refractivity (Wildman–Crippen MR) is 99.6 cm³/mol. The molecule has 1 amide bonds. The molecule has 0 radical (unpaired) electrons. The van der Waals surface area contributed by atoms with E-state index in [2.05, 4.69) is 20.3 Å². The molecule has 0 unspecified atom stereocenters. The van der Waals surface area contributed by atoms with Gasteiger partial charge in [-0.15, -0.1) is 0 Å². The highest BCUT2D eigenvalue weighted by molar-refractivity contribution is 6.05. The molecule has 0 fully saturated rings. The topological polar surface area (TPSA) is 90.9 Å². The van der Waals surface area contributed by atoms with Crippen molar-refractivity contribution in [1.82, 2.24) is 15.0 Å². The number of aliphatic hydroxyl groups excluding tert-OH is 1. The van der Waals surface area contributed by atoms with Crippen LogP contribution in [0.4, 0.5) is 5.69 Å². The number of nitrogens with one attached hydrogen (secondary N) is 2. The molecule has 2 aromatic carbocycles. The molecular formula is C20H16N4O2. The zero-order valence-electron chi connectivity index (χ0n) is 13.8. The zero-order chi connectivity index (χ0) is 17.9. The van der Waals surface area contributed by atoms with Crippen molar-refractivity contribution in [2.75, 3.05) is 5.32 Å². The average Bonchev–Trinajstić information content (AvgIpc) is 3.12. The number of aromatic nitrogens is 3. The molecule has 0 atom stereocenters. The number of hydrogen-bond donors (Lipinski definition) is 3. The maximum Gasteiger partial charge on any atom is 0.255 e. The van der Waals surface area contributed by atoms with Gasteiger partial charge >= 0.3 is 0 Å². The molecular weight excluding hydrogens is 328 g/mol. The van der Waals surface area contributed by atoms with E-state index >= 15 is 0 Å². The van der Waals surface area contributed by atoms with Gasteiger partial charge in [0.2, 0.25) is 0 Å². The predicted octanol–water partition coefficient (Wildman–Crippen LogP) is 3.37. The fourth-order valence-corrected chi connectivity index (χ4v) is 2.69. The Hall–Kier alpha value is -3.51. The summed E-state index contributed by atoms with van der Waals surface area (Å²) in [5.74, 6) is 0.525. The summed E-state index contributed by atoms with van der Waals surface area (Å²) >= 11 is 0. The minimum atomic E-state index is -0.208. The van der Waals surface area contributed by atoms with Crippen LogP contribution in [0.2, 0.25) is 0 Å². The number of benzene rings is 2. The quantitative estimate of drug-likeness (QED) is 0.529. The first-order valence-electron chi connectivity index (χ1n) is 8.14. The standard InChI is InChI=1S/C20H16N4O2/c25-12-13-3-5-14(6-4-13)20(26)22-16-7-8-17-18(10-16)24-19(23-17)15-2-1-9-21-11-15/h1-11,25H,12H2,(H,22,26)(H,23,24). The number of nitrogens with zero attached hydrogens (tertiary/aromatic N) is 2. The summed E-state index contributed by atoms with van der Waals surface area (Å²) in [5.41, 5.74) is 4.52. The molecule has 4 rings (SSSR count). The molecule has 26 heavy (non-hydrogen) atoms. The van der Waals surface area contributed by atoms with Gasteiger partial charge in [-0.1, -0.05) is 12.1 Å². The lowest BCUT2D eigenvalue weighted by Crippen LogP contribution is -2.11. The number of hydrogen-bond acceptors (Lipinski definition) is 4. The van der Waals surface area contributed by atoms with E-state index in [4.69, 9.17) is 5.11 Å². The van der Waals surface area contributed by atoms with Crippen LogP contribution in [0.25, 0.3) is 22.4 Å². The van der Waals surface area contributed by atoms with E-state index in [1.165, 1.54) is 0 Å². The third-order valence-corrected chi connectivity index (χ3v) is 4.07. The van der Waals surface area contributed by atoms with E-state index in [0.717, 1.165) is 28.0 Å². The Morgan fingerprint density at radius 2 is 1.96 bits per heavy atom. The van der Waals surface area contributed by atoms with Crippen LogP contribution in [-0.2, 0) is 6.61 Å². The fraction of sp³-hybridized carbons (Fsp3) is 0.0500. The van der Waals surface area contributed by atoms with E-state index < -0.39 is 0 Å². The van der Waals surface area contributed by atoms with Gasteiger partial charge in [0.15, 0.2) is 0 Å². The number of aliphatic hydroxyl groups is 1. The van der Waals surface area contributed by atoms with Crippen LogP contribution >= 0.6 is 0 Å². The number of carbonyl (C=O) groups is 1. The van der Waals surface area contributed by atoms with Gasteiger partial charge in [-0.3, -0.25) is 9.78 Å². The van der Waals surface area contributed by atoms with Crippen molar-refractivity contribution in [3.63, 3.8) is 0 Å². The molecule has 3 N–H and O–H groups in total. The van der Waals surface area contributed by atoms with E-state index in [1.807, 2.05) is 30.3 Å². The monoisotopic (exact) mass is 344 g/mol. The molecule has 0 aliphatic rings. The molecule has 0 saturated carbocycles. The Labute approximate surface area is 149 Å². The van der Waals surface area contributed by atoms with E-state index in [0.29, 0.717) is 11.3 Å². The number of imidazole rings is 1. The number of pyridine rings is 1. The Balaban J connectivity index is 1.58. The maximum absolute atomic E-state index is 12.4. The molecule has 0 aliphatic carbocycles. The number of rotatable bonds is 4. The summed E-state index contributed by atoms with van der Waals surface area (Å²) < 4.78 is 0. The van der Waals surface area contributed by atoms with Crippen LogP contribution in [0.3, 0.4) is 0 Å². The molecule has 0 saturated heterocycles. The van der Waals surface area contributed by atoms with Gasteiger partial charge in [0.1, 0.15) is 5.82 Å². The summed E-state index contributed by atoms with van der Waals surface area (Å²) in [4.78, 5) is 24.3. The van der Waals surface area contributed by atoms with E-state index in [9.17, 15) is 4.79 Å². The second-order valence-electron chi connectivity index (χ2n) is 5.87. The second-order valence-corrected chi connectivity index (χ2v) is 5.87. The highest BCUT2D eigenvalue weighted by Crippen LogP contribution is 2.22. The van der Waals surface area contributed by atoms with Crippen molar-refractivity contribution in [3.05, 3.63) is 78.1 Å². The zero-order valence-corrected chi connectivity index (χ0v) is 13.8. The van der Waals surface area contributed by atoms with Crippen molar-refractivity contribution in [2.24, 2.45) is 0 Å². The molecule has 0 bridgehead atoms. The largest absolute Gasteiger partial charge is 0.392 e. The molecule has 0 aliphatic heterocycles. The Morgan fingerprint density at radius 3 is 2.69 bits per heavy atom. The maximum atomic E-state index is 12.4. The molecule has 2 heterocycles. The minimum Gasteiger partial charge on any atom is -0.392 e. The molecule has 128 valence electrons. The molecule has 6 nitrogen and oxygen atoms in total. The van der Waals surface area contributed by atoms with Gasteiger partial charge in [-0.2, -0.15) is 0 Å². The Bertz CT molecular complexity index is 1060. The normalized spacial score (nSPS) is 10.8. The number of anilines is 1. The van der Waals surface area contributed by atoms with Crippen LogP contribution in [0.1, 0.15) is 15.9 Å². The summed E-state index contributed by atoms with van der Waals surface area (Å²) in [6.07, 6.45) is 3.46. The summed E-state index contributed by atoms with van der Waals surface area (Å²) in [6.45, 7) is -0.0440. The average molecular weight is 344 g/mol. The lowest BCUT2D eigenvalue weighted by Gasteiger charge is -2.06. The number of fused-ring (bicyclic) bond motifs is 1. The van der Waals surface area contributed by atoms with Crippen molar-refractivity contribution in [2.45, 2.75) is 6.61 Å². The van der Waals surface area contributed by atoms with Gasteiger partial charge in [-0.05, 0) is 48.0 Å².